The highest BCUT2D eigenvalue weighted by Gasteiger charge is 2.42. The van der Waals surface area contributed by atoms with Crippen LogP contribution in [0.4, 0.5) is 0 Å². The van der Waals surface area contributed by atoms with E-state index in [-0.39, 0.29) is 35.9 Å². The minimum Gasteiger partial charge on any atom is -0.353 e. The Morgan fingerprint density at radius 1 is 1.00 bits per heavy atom. The standard InChI is InChI=1S/C22H27N5O2/c28-21(15-5-3-6-15)25-16-11-17-7-4-8-18(12-16)27(17)22(29)19-9-1-2-10-20(19)26-14-23-13-24-26/h1-2,9-10,13-18H,3-8,11-12H2,(H,25,28)/t16?,17-,18+. The highest BCUT2D eigenvalue weighted by atomic mass is 16.2. The average molecular weight is 393 g/mol. The van der Waals surface area contributed by atoms with Crippen LogP contribution >= 0.6 is 0 Å². The van der Waals surface area contributed by atoms with Gasteiger partial charge in [0.1, 0.15) is 12.7 Å². The summed E-state index contributed by atoms with van der Waals surface area (Å²) >= 11 is 0. The molecule has 1 unspecified atom stereocenters. The Bertz CT molecular complexity index is 878. The number of amides is 2. The Kier molecular flexibility index (Phi) is 4.81. The SMILES string of the molecule is O=C(NC1C[C@H]2CCC[C@@H](C1)N2C(=O)c1ccccc1-n1cncn1)C1CCC1. The van der Waals surface area contributed by atoms with Crippen molar-refractivity contribution in [2.45, 2.75) is 69.5 Å². The minimum absolute atomic E-state index is 0.0644. The number of nitrogens with zero attached hydrogens (tertiary/aromatic N) is 4. The van der Waals surface area contributed by atoms with Gasteiger partial charge in [-0.15, -0.1) is 0 Å². The van der Waals surface area contributed by atoms with Gasteiger partial charge in [-0.25, -0.2) is 9.67 Å². The van der Waals surface area contributed by atoms with E-state index in [1.54, 1.807) is 11.0 Å². The summed E-state index contributed by atoms with van der Waals surface area (Å²) in [7, 11) is 0. The van der Waals surface area contributed by atoms with Gasteiger partial charge in [-0.05, 0) is 57.1 Å². The summed E-state index contributed by atoms with van der Waals surface area (Å²) in [6, 6.07) is 8.15. The third-order valence-corrected chi connectivity index (χ3v) is 6.83. The molecule has 1 aromatic carbocycles. The molecule has 1 N–H and O–H groups in total. The molecule has 0 radical (unpaired) electrons. The molecule has 0 spiro atoms. The zero-order chi connectivity index (χ0) is 19.8. The molecule has 1 aromatic heterocycles. The molecule has 2 amide bonds. The molecule has 2 saturated heterocycles. The third-order valence-electron chi connectivity index (χ3n) is 6.83. The zero-order valence-corrected chi connectivity index (χ0v) is 16.5. The van der Waals surface area contributed by atoms with Crippen molar-refractivity contribution >= 4 is 11.8 Å². The van der Waals surface area contributed by atoms with Gasteiger partial charge >= 0.3 is 0 Å². The molecule has 7 heteroatoms. The second kappa shape index (κ2) is 7.61. The first-order chi connectivity index (χ1) is 14.2. The number of fused-ring (bicyclic) bond motifs is 2. The van der Waals surface area contributed by atoms with Crippen LogP contribution in [0.3, 0.4) is 0 Å². The Morgan fingerprint density at radius 2 is 1.72 bits per heavy atom. The van der Waals surface area contributed by atoms with Crippen LogP contribution in [0.2, 0.25) is 0 Å². The number of benzene rings is 1. The van der Waals surface area contributed by atoms with Crippen LogP contribution in [0.25, 0.3) is 5.69 Å². The molecule has 1 aliphatic carbocycles. The van der Waals surface area contributed by atoms with Crippen LogP contribution in [0, 0.1) is 5.92 Å². The summed E-state index contributed by atoms with van der Waals surface area (Å²) in [4.78, 5) is 32.1. The molecule has 5 rings (SSSR count). The van der Waals surface area contributed by atoms with Crippen LogP contribution in [0.5, 0.6) is 0 Å². The minimum atomic E-state index is 0.0644. The van der Waals surface area contributed by atoms with E-state index < -0.39 is 0 Å². The first kappa shape index (κ1) is 18.3. The van der Waals surface area contributed by atoms with Crippen molar-refractivity contribution in [3.63, 3.8) is 0 Å². The highest BCUT2D eigenvalue weighted by Crippen LogP contribution is 2.36. The van der Waals surface area contributed by atoms with E-state index in [1.807, 2.05) is 24.3 Å². The average Bonchev–Trinajstić information content (AvgIpc) is 3.20. The molecule has 3 aliphatic rings. The van der Waals surface area contributed by atoms with Gasteiger partial charge in [0, 0.05) is 24.0 Å². The van der Waals surface area contributed by atoms with E-state index in [1.165, 1.54) is 12.7 Å². The van der Waals surface area contributed by atoms with Gasteiger partial charge in [-0.3, -0.25) is 9.59 Å². The molecule has 2 aliphatic heterocycles. The van der Waals surface area contributed by atoms with Crippen molar-refractivity contribution in [3.05, 3.63) is 42.5 Å². The lowest BCUT2D eigenvalue weighted by Crippen LogP contribution is -2.59. The van der Waals surface area contributed by atoms with Crippen molar-refractivity contribution in [3.8, 4) is 5.69 Å². The van der Waals surface area contributed by atoms with E-state index in [2.05, 4.69) is 20.3 Å². The van der Waals surface area contributed by atoms with Gasteiger partial charge in [0.2, 0.25) is 5.91 Å². The second-order valence-electron chi connectivity index (χ2n) is 8.61. The zero-order valence-electron chi connectivity index (χ0n) is 16.5. The van der Waals surface area contributed by atoms with E-state index in [0.717, 1.165) is 50.6 Å². The molecule has 1 saturated carbocycles. The predicted octanol–water partition coefficient (Wildman–Crippen LogP) is 2.71. The van der Waals surface area contributed by atoms with Gasteiger partial charge in [-0.1, -0.05) is 18.6 Å². The van der Waals surface area contributed by atoms with Crippen molar-refractivity contribution in [1.82, 2.24) is 25.0 Å². The van der Waals surface area contributed by atoms with E-state index in [4.69, 9.17) is 0 Å². The first-order valence-corrected chi connectivity index (χ1v) is 10.8. The van der Waals surface area contributed by atoms with Crippen LogP contribution in [-0.4, -0.2) is 49.6 Å². The number of piperidine rings is 2. The Balaban J connectivity index is 1.35. The number of carbonyl (C=O) groups is 2. The summed E-state index contributed by atoms with van der Waals surface area (Å²) in [5.74, 6) is 0.495. The molecule has 2 bridgehead atoms. The summed E-state index contributed by atoms with van der Waals surface area (Å²) < 4.78 is 1.65. The van der Waals surface area contributed by atoms with E-state index in [9.17, 15) is 9.59 Å². The Labute approximate surface area is 170 Å². The third kappa shape index (κ3) is 3.43. The lowest BCUT2D eigenvalue weighted by molar-refractivity contribution is -0.128. The van der Waals surface area contributed by atoms with Gasteiger partial charge in [0.25, 0.3) is 5.91 Å². The van der Waals surface area contributed by atoms with E-state index >= 15 is 0 Å². The fourth-order valence-electron chi connectivity index (χ4n) is 5.15. The summed E-state index contributed by atoms with van der Waals surface area (Å²) in [5.41, 5.74) is 1.42. The van der Waals surface area contributed by atoms with Crippen molar-refractivity contribution in [1.29, 1.82) is 0 Å². The van der Waals surface area contributed by atoms with Gasteiger partial charge in [0.05, 0.1) is 11.3 Å². The number of hydrogen-bond acceptors (Lipinski definition) is 4. The maximum atomic E-state index is 13.6. The maximum Gasteiger partial charge on any atom is 0.256 e. The summed E-state index contributed by atoms with van der Waals surface area (Å²) in [6.07, 6.45) is 11.2. The molecule has 3 fully saturated rings. The molecular formula is C22H27N5O2. The number of carbonyl (C=O) groups excluding carboxylic acids is 2. The Hall–Kier alpha value is -2.70. The largest absolute Gasteiger partial charge is 0.353 e. The van der Waals surface area contributed by atoms with Crippen LogP contribution in [0.15, 0.2) is 36.9 Å². The second-order valence-corrected chi connectivity index (χ2v) is 8.61. The number of nitrogens with one attached hydrogen (secondary N) is 1. The molecule has 3 atom stereocenters. The van der Waals surface area contributed by atoms with E-state index in [0.29, 0.717) is 5.56 Å². The van der Waals surface area contributed by atoms with Crippen LogP contribution in [-0.2, 0) is 4.79 Å². The van der Waals surface area contributed by atoms with Gasteiger partial charge < -0.3 is 10.2 Å². The molecule has 3 heterocycles. The first-order valence-electron chi connectivity index (χ1n) is 10.8. The maximum absolute atomic E-state index is 13.6. The molecule has 29 heavy (non-hydrogen) atoms. The van der Waals surface area contributed by atoms with Crippen molar-refractivity contribution in [2.75, 3.05) is 0 Å². The van der Waals surface area contributed by atoms with Crippen molar-refractivity contribution in [2.24, 2.45) is 5.92 Å². The quantitative estimate of drug-likeness (QED) is 0.866. The molecular weight excluding hydrogens is 366 g/mol. The lowest BCUT2D eigenvalue weighted by Gasteiger charge is -2.49. The normalized spacial score (nSPS) is 26.6. The number of aromatic nitrogens is 3. The van der Waals surface area contributed by atoms with Gasteiger partial charge in [-0.2, -0.15) is 5.10 Å². The monoisotopic (exact) mass is 393 g/mol. The number of hydrogen-bond donors (Lipinski definition) is 1. The van der Waals surface area contributed by atoms with Crippen molar-refractivity contribution < 1.29 is 9.59 Å². The molecule has 152 valence electrons. The fourth-order valence-corrected chi connectivity index (χ4v) is 5.15. The molecule has 2 aromatic rings. The van der Waals surface area contributed by atoms with Crippen LogP contribution in [0.1, 0.15) is 61.7 Å². The van der Waals surface area contributed by atoms with Gasteiger partial charge in [0.15, 0.2) is 0 Å². The smallest absolute Gasteiger partial charge is 0.256 e. The predicted molar refractivity (Wildman–Crippen MR) is 107 cm³/mol. The summed E-state index contributed by atoms with van der Waals surface area (Å²) in [5, 5.41) is 7.49. The fraction of sp³-hybridized carbons (Fsp3) is 0.545. The lowest BCUT2D eigenvalue weighted by atomic mass is 9.80. The number of para-hydroxylation sites is 1. The topological polar surface area (TPSA) is 80.1 Å². The van der Waals surface area contributed by atoms with Crippen LogP contribution < -0.4 is 5.32 Å². The highest BCUT2D eigenvalue weighted by molar-refractivity contribution is 5.98. The number of rotatable bonds is 4. The summed E-state index contributed by atoms with van der Waals surface area (Å²) in [6.45, 7) is 0. The Morgan fingerprint density at radius 3 is 2.38 bits per heavy atom. The molecule has 7 nitrogen and oxygen atoms in total.